The van der Waals surface area contributed by atoms with Gasteiger partial charge in [0.15, 0.2) is 0 Å². The van der Waals surface area contributed by atoms with E-state index in [9.17, 15) is 9.59 Å². The molecule has 18 heavy (non-hydrogen) atoms. The van der Waals surface area contributed by atoms with E-state index in [-0.39, 0.29) is 24.4 Å². The summed E-state index contributed by atoms with van der Waals surface area (Å²) in [6.07, 6.45) is 5.98. The van der Waals surface area contributed by atoms with Crippen LogP contribution in [0.3, 0.4) is 0 Å². The molecule has 6 nitrogen and oxygen atoms in total. The minimum atomic E-state index is -0.281. The number of aryl methyl sites for hydroxylation is 1. The molecule has 1 saturated carbocycles. The number of nitrogens with zero attached hydrogens (tertiary/aromatic N) is 2. The molecule has 1 aromatic rings. The third kappa shape index (κ3) is 3.09. The van der Waals surface area contributed by atoms with E-state index in [4.69, 9.17) is 0 Å². The average Bonchev–Trinajstić information content (AvgIpc) is 2.97. The monoisotopic (exact) mass is 250 g/mol. The van der Waals surface area contributed by atoms with E-state index >= 15 is 0 Å². The molecule has 1 aliphatic rings. The van der Waals surface area contributed by atoms with Gasteiger partial charge in [-0.15, -0.1) is 0 Å². The number of aromatic nitrogens is 2. The fraction of sp³-hybridized carbons (Fsp3) is 0.583. The Kier molecular flexibility index (Phi) is 3.96. The molecule has 0 bridgehead atoms. The predicted octanol–water partition coefficient (Wildman–Crippen LogP) is 0.209. The Labute approximate surface area is 106 Å². The average molecular weight is 250 g/mol. The van der Waals surface area contributed by atoms with Crippen LogP contribution in [0.1, 0.15) is 36.2 Å². The fourth-order valence-electron chi connectivity index (χ4n) is 2.20. The summed E-state index contributed by atoms with van der Waals surface area (Å²) < 4.78 is 1.48. The first-order valence-corrected chi connectivity index (χ1v) is 6.22. The molecule has 1 heterocycles. The number of amides is 2. The molecule has 2 amide bonds. The lowest BCUT2D eigenvalue weighted by Gasteiger charge is -2.12. The molecule has 6 heteroatoms. The molecule has 0 aromatic carbocycles. The van der Waals surface area contributed by atoms with Crippen LogP contribution in [0, 0.1) is 0 Å². The third-order valence-electron chi connectivity index (χ3n) is 3.18. The Morgan fingerprint density at radius 1 is 1.44 bits per heavy atom. The quantitative estimate of drug-likeness (QED) is 0.802. The van der Waals surface area contributed by atoms with Crippen LogP contribution in [-0.4, -0.2) is 34.2 Å². The van der Waals surface area contributed by atoms with Gasteiger partial charge in [-0.2, -0.15) is 5.10 Å². The lowest BCUT2D eigenvalue weighted by atomic mass is 10.2. The van der Waals surface area contributed by atoms with E-state index in [0.717, 1.165) is 12.8 Å². The van der Waals surface area contributed by atoms with Gasteiger partial charge in [-0.3, -0.25) is 14.3 Å². The van der Waals surface area contributed by atoms with Crippen LogP contribution in [0.5, 0.6) is 0 Å². The van der Waals surface area contributed by atoms with E-state index in [1.807, 2.05) is 0 Å². The molecular formula is C12H18N4O2. The number of nitrogens with one attached hydrogen (secondary N) is 2. The summed E-state index contributed by atoms with van der Waals surface area (Å²) >= 11 is 0. The SMILES string of the molecule is Cn1nccc1C(=O)NCC(=O)NC1CCCC1. The van der Waals surface area contributed by atoms with Gasteiger partial charge in [0.2, 0.25) is 5.91 Å². The van der Waals surface area contributed by atoms with Crippen LogP contribution >= 0.6 is 0 Å². The van der Waals surface area contributed by atoms with Crippen LogP contribution < -0.4 is 10.6 Å². The lowest BCUT2D eigenvalue weighted by Crippen LogP contribution is -2.41. The highest BCUT2D eigenvalue weighted by Gasteiger charge is 2.17. The van der Waals surface area contributed by atoms with Crippen LogP contribution in [0.25, 0.3) is 0 Å². The highest BCUT2D eigenvalue weighted by atomic mass is 16.2. The zero-order chi connectivity index (χ0) is 13.0. The number of carbonyl (C=O) groups is 2. The molecule has 0 radical (unpaired) electrons. The van der Waals surface area contributed by atoms with Crippen LogP contribution in [-0.2, 0) is 11.8 Å². The highest BCUT2D eigenvalue weighted by Crippen LogP contribution is 2.17. The standard InChI is InChI=1S/C12H18N4O2/c1-16-10(6-7-14-16)12(18)13-8-11(17)15-9-4-2-3-5-9/h6-7,9H,2-5,8H2,1H3,(H,13,18)(H,15,17). The van der Waals surface area contributed by atoms with Crippen molar-refractivity contribution in [2.45, 2.75) is 31.7 Å². The van der Waals surface area contributed by atoms with Crippen molar-refractivity contribution in [2.24, 2.45) is 7.05 Å². The summed E-state index contributed by atoms with van der Waals surface area (Å²) in [6, 6.07) is 1.90. The van der Waals surface area contributed by atoms with Gasteiger partial charge in [-0.1, -0.05) is 12.8 Å². The van der Waals surface area contributed by atoms with E-state index in [0.29, 0.717) is 5.69 Å². The van der Waals surface area contributed by atoms with E-state index < -0.39 is 0 Å². The summed E-state index contributed by atoms with van der Waals surface area (Å²) in [6.45, 7) is 0.0144. The zero-order valence-electron chi connectivity index (χ0n) is 10.5. The number of rotatable bonds is 4. The van der Waals surface area contributed by atoms with E-state index in [2.05, 4.69) is 15.7 Å². The summed E-state index contributed by atoms with van der Waals surface area (Å²) in [7, 11) is 1.69. The minimum Gasteiger partial charge on any atom is -0.352 e. The maximum Gasteiger partial charge on any atom is 0.269 e. The van der Waals surface area contributed by atoms with Gasteiger partial charge in [-0.05, 0) is 18.9 Å². The smallest absolute Gasteiger partial charge is 0.269 e. The van der Waals surface area contributed by atoms with Crippen molar-refractivity contribution in [1.82, 2.24) is 20.4 Å². The molecule has 0 atom stereocenters. The fourth-order valence-corrected chi connectivity index (χ4v) is 2.20. The normalized spacial score (nSPS) is 15.6. The Balaban J connectivity index is 1.75. The largest absolute Gasteiger partial charge is 0.352 e. The van der Waals surface area contributed by atoms with Crippen molar-refractivity contribution in [3.63, 3.8) is 0 Å². The van der Waals surface area contributed by atoms with E-state index in [1.54, 1.807) is 19.3 Å². The molecular weight excluding hydrogens is 232 g/mol. The Morgan fingerprint density at radius 3 is 2.78 bits per heavy atom. The van der Waals surface area contributed by atoms with Crippen molar-refractivity contribution in [1.29, 1.82) is 0 Å². The second-order valence-electron chi connectivity index (χ2n) is 4.57. The molecule has 98 valence electrons. The Hall–Kier alpha value is -1.85. The van der Waals surface area contributed by atoms with Gasteiger partial charge >= 0.3 is 0 Å². The van der Waals surface area contributed by atoms with E-state index in [1.165, 1.54) is 17.5 Å². The molecule has 2 N–H and O–H groups in total. The molecule has 0 unspecified atom stereocenters. The van der Waals surface area contributed by atoms with Crippen LogP contribution in [0.15, 0.2) is 12.3 Å². The molecule has 2 rings (SSSR count). The Morgan fingerprint density at radius 2 is 2.17 bits per heavy atom. The van der Waals surface area contributed by atoms with Crippen molar-refractivity contribution in [2.75, 3.05) is 6.54 Å². The number of hydrogen-bond acceptors (Lipinski definition) is 3. The van der Waals surface area contributed by atoms with Gasteiger partial charge in [0.05, 0.1) is 6.54 Å². The van der Waals surface area contributed by atoms with Crippen molar-refractivity contribution in [3.8, 4) is 0 Å². The van der Waals surface area contributed by atoms with Crippen molar-refractivity contribution < 1.29 is 9.59 Å². The zero-order valence-corrected chi connectivity index (χ0v) is 10.5. The second kappa shape index (κ2) is 5.66. The summed E-state index contributed by atoms with van der Waals surface area (Å²) in [5.41, 5.74) is 0.448. The molecule has 0 saturated heterocycles. The van der Waals surface area contributed by atoms with Gasteiger partial charge in [-0.25, -0.2) is 0 Å². The number of hydrogen-bond donors (Lipinski definition) is 2. The predicted molar refractivity (Wildman–Crippen MR) is 65.9 cm³/mol. The molecule has 0 spiro atoms. The van der Waals surface area contributed by atoms with Gasteiger partial charge in [0.25, 0.3) is 5.91 Å². The maximum absolute atomic E-state index is 11.7. The van der Waals surface area contributed by atoms with Gasteiger partial charge in [0.1, 0.15) is 5.69 Å². The summed E-state index contributed by atoms with van der Waals surface area (Å²) in [5.74, 6) is -0.408. The first-order chi connectivity index (χ1) is 8.66. The first-order valence-electron chi connectivity index (χ1n) is 6.22. The van der Waals surface area contributed by atoms with Crippen LogP contribution in [0.4, 0.5) is 0 Å². The summed E-state index contributed by atoms with van der Waals surface area (Å²) in [5, 5.41) is 9.41. The molecule has 1 aliphatic carbocycles. The van der Waals surface area contributed by atoms with Gasteiger partial charge < -0.3 is 10.6 Å². The minimum absolute atomic E-state index is 0.0144. The summed E-state index contributed by atoms with van der Waals surface area (Å²) in [4.78, 5) is 23.3. The first kappa shape index (κ1) is 12.6. The molecule has 1 fully saturated rings. The van der Waals surface area contributed by atoms with Crippen molar-refractivity contribution in [3.05, 3.63) is 18.0 Å². The second-order valence-corrected chi connectivity index (χ2v) is 4.57. The topological polar surface area (TPSA) is 76.0 Å². The number of carbonyl (C=O) groups excluding carboxylic acids is 2. The highest BCUT2D eigenvalue weighted by molar-refractivity contribution is 5.95. The molecule has 1 aromatic heterocycles. The molecule has 0 aliphatic heterocycles. The maximum atomic E-state index is 11.7. The van der Waals surface area contributed by atoms with Crippen molar-refractivity contribution >= 4 is 11.8 Å². The van der Waals surface area contributed by atoms with Crippen LogP contribution in [0.2, 0.25) is 0 Å². The Bertz CT molecular complexity index is 435. The third-order valence-corrected chi connectivity index (χ3v) is 3.18. The van der Waals surface area contributed by atoms with Gasteiger partial charge in [0, 0.05) is 19.3 Å². The lowest BCUT2D eigenvalue weighted by molar-refractivity contribution is -0.120.